The number of halogens is 1. The van der Waals surface area contributed by atoms with Gasteiger partial charge in [0.15, 0.2) is 11.5 Å². The number of nitrogens with two attached hydrogens (primary N) is 1. The number of methoxy groups -OCH3 is 1. The van der Waals surface area contributed by atoms with Gasteiger partial charge in [-0.15, -0.1) is 0 Å². The van der Waals surface area contributed by atoms with E-state index in [1.807, 2.05) is 19.1 Å². The van der Waals surface area contributed by atoms with Crippen LogP contribution in [-0.2, 0) is 13.0 Å². The summed E-state index contributed by atoms with van der Waals surface area (Å²) < 4.78 is 11.0. The van der Waals surface area contributed by atoms with Crippen molar-refractivity contribution in [3.05, 3.63) is 58.7 Å². The van der Waals surface area contributed by atoms with Crippen molar-refractivity contribution in [3.63, 3.8) is 0 Å². The summed E-state index contributed by atoms with van der Waals surface area (Å²) in [6.07, 6.45) is 3.13. The largest absolute Gasteiger partial charge is 0.491 e. The zero-order chi connectivity index (χ0) is 17.6. The van der Waals surface area contributed by atoms with Crippen molar-refractivity contribution < 1.29 is 14.8 Å². The Labute approximate surface area is 153 Å². The lowest BCUT2D eigenvalue weighted by Crippen LogP contribution is -2.83. The molecule has 1 heterocycles. The summed E-state index contributed by atoms with van der Waals surface area (Å²) in [5.41, 5.74) is 3.68. The molecule has 0 radical (unpaired) electrons. The van der Waals surface area contributed by atoms with Crippen molar-refractivity contribution in [3.8, 4) is 11.5 Å². The molecular formula is C20H24ClN2O2+. The molecule has 0 atom stereocenters. The van der Waals surface area contributed by atoms with Gasteiger partial charge in [0.2, 0.25) is 0 Å². The van der Waals surface area contributed by atoms with Gasteiger partial charge >= 0.3 is 0 Å². The molecule has 0 bridgehead atoms. The second-order valence-electron chi connectivity index (χ2n) is 5.93. The molecule has 1 aromatic heterocycles. The van der Waals surface area contributed by atoms with E-state index in [1.54, 1.807) is 7.11 Å². The van der Waals surface area contributed by atoms with E-state index in [1.165, 1.54) is 16.5 Å². The molecule has 0 aliphatic heterocycles. The number of fused-ring (bicyclic) bond motifs is 1. The fraction of sp³-hybridized carbons (Fsp3) is 0.300. The molecule has 0 unspecified atom stereocenters. The number of aromatic amines is 1. The zero-order valence-electron chi connectivity index (χ0n) is 14.6. The van der Waals surface area contributed by atoms with Crippen molar-refractivity contribution in [1.82, 2.24) is 4.98 Å². The van der Waals surface area contributed by atoms with E-state index in [0.717, 1.165) is 25.1 Å². The molecule has 25 heavy (non-hydrogen) atoms. The van der Waals surface area contributed by atoms with Crippen molar-refractivity contribution in [1.29, 1.82) is 0 Å². The van der Waals surface area contributed by atoms with Crippen molar-refractivity contribution >= 4 is 22.5 Å². The van der Waals surface area contributed by atoms with E-state index in [-0.39, 0.29) is 0 Å². The molecule has 132 valence electrons. The number of H-pyrrole nitrogens is 1. The lowest BCUT2D eigenvalue weighted by atomic mass is 10.1. The molecule has 0 aliphatic rings. The summed E-state index contributed by atoms with van der Waals surface area (Å²) >= 11 is 6.31. The number of nitrogens with one attached hydrogen (secondary N) is 1. The molecule has 0 saturated carbocycles. The Bertz CT molecular complexity index is 845. The summed E-state index contributed by atoms with van der Waals surface area (Å²) in [5.74, 6) is 1.31. The lowest BCUT2D eigenvalue weighted by molar-refractivity contribution is -0.670. The monoisotopic (exact) mass is 359 g/mol. The third kappa shape index (κ3) is 4.09. The van der Waals surface area contributed by atoms with Gasteiger partial charge in [0, 0.05) is 29.1 Å². The lowest BCUT2D eigenvalue weighted by Gasteiger charge is -2.12. The average Bonchev–Trinajstić information content (AvgIpc) is 3.02. The Hall–Kier alpha value is -2.17. The fourth-order valence-corrected chi connectivity index (χ4v) is 3.38. The molecule has 0 saturated heterocycles. The SMILES string of the molecule is CCOc1cc(C[NH2+]CCc2c[nH]c3ccccc23)cc(Cl)c1OC. The van der Waals surface area contributed by atoms with E-state index >= 15 is 0 Å². The molecule has 0 fully saturated rings. The van der Waals surface area contributed by atoms with Crippen molar-refractivity contribution in [2.24, 2.45) is 0 Å². The summed E-state index contributed by atoms with van der Waals surface area (Å²) in [6, 6.07) is 12.4. The molecule has 0 amide bonds. The molecule has 5 heteroatoms. The highest BCUT2D eigenvalue weighted by atomic mass is 35.5. The molecule has 3 aromatic rings. The van der Waals surface area contributed by atoms with Crippen LogP contribution in [0.15, 0.2) is 42.6 Å². The first-order chi connectivity index (χ1) is 12.2. The highest BCUT2D eigenvalue weighted by Gasteiger charge is 2.12. The van der Waals surface area contributed by atoms with Crippen molar-refractivity contribution in [2.45, 2.75) is 19.9 Å². The first-order valence-corrected chi connectivity index (χ1v) is 8.96. The van der Waals surface area contributed by atoms with Gasteiger partial charge in [0.05, 0.1) is 25.3 Å². The Morgan fingerprint density at radius 3 is 2.84 bits per heavy atom. The number of quaternary nitrogens is 1. The quantitative estimate of drug-likeness (QED) is 0.604. The third-order valence-electron chi connectivity index (χ3n) is 4.25. The Kier molecular flexibility index (Phi) is 5.84. The summed E-state index contributed by atoms with van der Waals surface area (Å²) in [4.78, 5) is 3.33. The molecule has 2 aromatic carbocycles. The van der Waals surface area contributed by atoms with Gasteiger partial charge in [0.1, 0.15) is 6.54 Å². The minimum Gasteiger partial charge on any atom is -0.491 e. The second-order valence-corrected chi connectivity index (χ2v) is 6.34. The third-order valence-corrected chi connectivity index (χ3v) is 4.53. The van der Waals surface area contributed by atoms with Gasteiger partial charge < -0.3 is 19.8 Å². The van der Waals surface area contributed by atoms with Crippen LogP contribution in [0.1, 0.15) is 18.1 Å². The predicted molar refractivity (Wildman–Crippen MR) is 102 cm³/mol. The van der Waals surface area contributed by atoms with E-state index in [0.29, 0.717) is 23.1 Å². The number of ether oxygens (including phenoxy) is 2. The number of benzene rings is 2. The standard InChI is InChI=1S/C20H23ClN2O2/c1-3-25-19-11-14(10-17(21)20(19)24-2)12-22-9-8-15-13-23-18-7-5-4-6-16(15)18/h4-7,10-11,13,22-23H,3,8-9,12H2,1-2H3/p+1. The topological polar surface area (TPSA) is 50.9 Å². The van der Waals surface area contributed by atoms with Crippen LogP contribution in [0.3, 0.4) is 0 Å². The minimum absolute atomic E-state index is 0.584. The maximum atomic E-state index is 6.31. The molecule has 0 aliphatic carbocycles. The number of para-hydroxylation sites is 1. The van der Waals surface area contributed by atoms with Crippen LogP contribution < -0.4 is 14.8 Å². The average molecular weight is 360 g/mol. The van der Waals surface area contributed by atoms with Crippen molar-refractivity contribution in [2.75, 3.05) is 20.3 Å². The first-order valence-electron chi connectivity index (χ1n) is 8.58. The second kappa shape index (κ2) is 8.28. The summed E-state index contributed by atoms with van der Waals surface area (Å²) in [7, 11) is 1.61. The molecule has 3 rings (SSSR count). The summed E-state index contributed by atoms with van der Waals surface area (Å²) in [5, 5.41) is 4.19. The van der Waals surface area contributed by atoms with Crippen LogP contribution in [0, 0.1) is 0 Å². The predicted octanol–water partition coefficient (Wildman–Crippen LogP) is 3.53. The van der Waals surface area contributed by atoms with Crippen LogP contribution in [0.25, 0.3) is 10.9 Å². The maximum absolute atomic E-state index is 6.31. The van der Waals surface area contributed by atoms with Gasteiger partial charge in [0.25, 0.3) is 0 Å². The number of rotatable bonds is 8. The molecule has 0 spiro atoms. The number of aromatic nitrogens is 1. The van der Waals surface area contributed by atoms with Gasteiger partial charge in [-0.25, -0.2) is 0 Å². The fourth-order valence-electron chi connectivity index (χ4n) is 3.07. The van der Waals surface area contributed by atoms with E-state index in [9.17, 15) is 0 Å². The minimum atomic E-state index is 0.584. The van der Waals surface area contributed by atoms with E-state index in [2.05, 4.69) is 40.8 Å². The molecular weight excluding hydrogens is 336 g/mol. The number of hydrogen-bond donors (Lipinski definition) is 2. The smallest absolute Gasteiger partial charge is 0.179 e. The number of hydrogen-bond acceptors (Lipinski definition) is 2. The van der Waals surface area contributed by atoms with E-state index in [4.69, 9.17) is 21.1 Å². The maximum Gasteiger partial charge on any atom is 0.179 e. The van der Waals surface area contributed by atoms with Gasteiger partial charge in [-0.2, -0.15) is 0 Å². The Balaban J connectivity index is 1.60. The Morgan fingerprint density at radius 1 is 1.20 bits per heavy atom. The Morgan fingerprint density at radius 2 is 2.04 bits per heavy atom. The van der Waals surface area contributed by atoms with Crippen LogP contribution in [0.4, 0.5) is 0 Å². The highest BCUT2D eigenvalue weighted by Crippen LogP contribution is 2.36. The van der Waals surface area contributed by atoms with Crippen LogP contribution in [0.5, 0.6) is 11.5 Å². The molecule has 3 N–H and O–H groups in total. The van der Waals surface area contributed by atoms with E-state index < -0.39 is 0 Å². The molecule has 4 nitrogen and oxygen atoms in total. The summed E-state index contributed by atoms with van der Waals surface area (Å²) in [6.45, 7) is 4.40. The zero-order valence-corrected chi connectivity index (χ0v) is 15.4. The normalized spacial score (nSPS) is 11.0. The van der Waals surface area contributed by atoms with Gasteiger partial charge in [-0.05, 0) is 30.7 Å². The van der Waals surface area contributed by atoms with Crippen LogP contribution >= 0.6 is 11.6 Å². The highest BCUT2D eigenvalue weighted by molar-refractivity contribution is 6.32. The first kappa shape index (κ1) is 17.6. The van der Waals surface area contributed by atoms with Gasteiger partial charge in [-0.1, -0.05) is 29.8 Å². The van der Waals surface area contributed by atoms with Gasteiger partial charge in [-0.3, -0.25) is 0 Å². The van der Waals surface area contributed by atoms with Crippen LogP contribution in [-0.4, -0.2) is 25.2 Å². The van der Waals surface area contributed by atoms with Crippen LogP contribution in [0.2, 0.25) is 5.02 Å².